The van der Waals surface area contributed by atoms with Gasteiger partial charge in [-0.1, -0.05) is 18.2 Å². The Morgan fingerprint density at radius 1 is 0.941 bits per heavy atom. The van der Waals surface area contributed by atoms with Crippen LogP contribution in [0.2, 0.25) is 0 Å². The highest BCUT2D eigenvalue weighted by Crippen LogP contribution is 2.28. The largest absolute Gasteiger partial charge is 0.332 e. The number of carbonyl (C=O) groups excluding carboxylic acids is 1. The molecule has 1 heterocycles. The number of amides is 1. The van der Waals surface area contributed by atoms with Gasteiger partial charge in [-0.2, -0.15) is 0 Å². The second kappa shape index (κ2) is 11.2. The van der Waals surface area contributed by atoms with Crippen LogP contribution in [-0.4, -0.2) is 21.3 Å². The van der Waals surface area contributed by atoms with Gasteiger partial charge >= 0.3 is 0 Å². The molecule has 0 saturated carbocycles. The molecule has 5 nitrogen and oxygen atoms in total. The number of thioether (sulfide) groups is 1. The van der Waals surface area contributed by atoms with Gasteiger partial charge in [-0.05, 0) is 79.8 Å². The van der Waals surface area contributed by atoms with Gasteiger partial charge in [0.2, 0.25) is 5.91 Å². The zero-order valence-electron chi connectivity index (χ0n) is 18.1. The first-order chi connectivity index (χ1) is 16.5. The molecule has 34 heavy (non-hydrogen) atoms. The third-order valence-corrected chi connectivity index (χ3v) is 6.77. The van der Waals surface area contributed by atoms with E-state index in [0.29, 0.717) is 15.9 Å². The number of anilines is 3. The third-order valence-electron chi connectivity index (χ3n) is 4.70. The predicted molar refractivity (Wildman–Crippen MR) is 144 cm³/mol. The van der Waals surface area contributed by atoms with Crippen LogP contribution in [0, 0.1) is 5.82 Å². The lowest BCUT2D eigenvalue weighted by Gasteiger charge is -2.12. The minimum Gasteiger partial charge on any atom is -0.332 e. The first-order valence-electron chi connectivity index (χ1n) is 10.4. The predicted octanol–water partition coefficient (Wildman–Crippen LogP) is 6.88. The first kappa shape index (κ1) is 23.9. The van der Waals surface area contributed by atoms with Crippen LogP contribution in [-0.2, 0) is 4.79 Å². The molecule has 3 N–H and O–H groups in total. The van der Waals surface area contributed by atoms with Crippen LogP contribution in [0.15, 0.2) is 89.1 Å². The van der Waals surface area contributed by atoms with Crippen molar-refractivity contribution in [2.45, 2.75) is 17.1 Å². The highest BCUT2D eigenvalue weighted by Gasteiger charge is 2.16. The Morgan fingerprint density at radius 3 is 2.26 bits per heavy atom. The van der Waals surface area contributed by atoms with E-state index in [1.54, 1.807) is 12.1 Å². The number of nitrogens with zero attached hydrogens (tertiary/aromatic N) is 1. The van der Waals surface area contributed by atoms with Crippen LogP contribution < -0.4 is 16.0 Å². The maximum absolute atomic E-state index is 13.1. The van der Waals surface area contributed by atoms with Gasteiger partial charge in [0.1, 0.15) is 5.82 Å². The highest BCUT2D eigenvalue weighted by atomic mass is 32.2. The molecule has 0 aliphatic carbocycles. The number of aromatic nitrogens is 1. The molecule has 9 heteroatoms. The molecule has 1 atom stereocenters. The zero-order chi connectivity index (χ0) is 23.9. The van der Waals surface area contributed by atoms with E-state index in [1.165, 1.54) is 35.2 Å². The molecular formula is C25H21FN4OS3. The lowest BCUT2D eigenvalue weighted by molar-refractivity contribution is -0.115. The SMILES string of the molecule is CC(Sc1ccc(NC(=S)Nc2ccccc2)cc1)C(=O)Nc1nc(-c2ccc(F)cc2)cs1. The van der Waals surface area contributed by atoms with Gasteiger partial charge in [-0.3, -0.25) is 4.79 Å². The van der Waals surface area contributed by atoms with E-state index in [9.17, 15) is 9.18 Å². The molecule has 0 saturated heterocycles. The summed E-state index contributed by atoms with van der Waals surface area (Å²) in [5.74, 6) is -0.436. The summed E-state index contributed by atoms with van der Waals surface area (Å²) >= 11 is 8.14. The molecule has 3 aromatic carbocycles. The molecule has 0 bridgehead atoms. The van der Waals surface area contributed by atoms with Crippen LogP contribution >= 0.6 is 35.3 Å². The maximum Gasteiger partial charge on any atom is 0.239 e. The Balaban J connectivity index is 1.28. The molecule has 1 unspecified atom stereocenters. The summed E-state index contributed by atoms with van der Waals surface area (Å²) < 4.78 is 13.1. The molecule has 1 aromatic heterocycles. The molecule has 0 aliphatic heterocycles. The van der Waals surface area contributed by atoms with Crippen molar-refractivity contribution in [1.29, 1.82) is 0 Å². The van der Waals surface area contributed by atoms with Crippen LogP contribution in [0.1, 0.15) is 6.92 Å². The van der Waals surface area contributed by atoms with E-state index >= 15 is 0 Å². The topological polar surface area (TPSA) is 66.0 Å². The Labute approximate surface area is 210 Å². The van der Waals surface area contributed by atoms with E-state index < -0.39 is 0 Å². The molecule has 0 fully saturated rings. The second-order valence-corrected chi connectivity index (χ2v) is 9.94. The highest BCUT2D eigenvalue weighted by molar-refractivity contribution is 8.00. The van der Waals surface area contributed by atoms with Crippen molar-refractivity contribution in [3.8, 4) is 11.3 Å². The number of nitrogens with one attached hydrogen (secondary N) is 3. The van der Waals surface area contributed by atoms with Crippen molar-refractivity contribution in [3.05, 3.63) is 90.1 Å². The maximum atomic E-state index is 13.1. The van der Waals surface area contributed by atoms with Crippen molar-refractivity contribution in [3.63, 3.8) is 0 Å². The molecule has 172 valence electrons. The van der Waals surface area contributed by atoms with Gasteiger partial charge in [0.15, 0.2) is 10.2 Å². The van der Waals surface area contributed by atoms with Crippen molar-refractivity contribution in [2.24, 2.45) is 0 Å². The van der Waals surface area contributed by atoms with Crippen LogP contribution in [0.4, 0.5) is 20.9 Å². The van der Waals surface area contributed by atoms with E-state index in [1.807, 2.05) is 66.9 Å². The fourth-order valence-electron chi connectivity index (χ4n) is 2.98. The number of thiocarbonyl (C=S) groups is 1. The normalized spacial score (nSPS) is 11.5. The van der Waals surface area contributed by atoms with E-state index in [2.05, 4.69) is 20.9 Å². The Bertz CT molecular complexity index is 1260. The fraction of sp³-hybridized carbons (Fsp3) is 0.0800. The van der Waals surface area contributed by atoms with E-state index in [4.69, 9.17) is 12.2 Å². The summed E-state index contributed by atoms with van der Waals surface area (Å²) in [4.78, 5) is 18.0. The third kappa shape index (κ3) is 6.63. The number of rotatable bonds is 7. The fourth-order valence-corrected chi connectivity index (χ4v) is 4.81. The molecule has 4 aromatic rings. The average Bonchev–Trinajstić information content (AvgIpc) is 3.30. The van der Waals surface area contributed by atoms with Gasteiger partial charge in [-0.25, -0.2) is 9.37 Å². The van der Waals surface area contributed by atoms with Gasteiger partial charge in [0, 0.05) is 27.2 Å². The molecule has 1 amide bonds. The summed E-state index contributed by atoms with van der Waals surface area (Å²) in [5.41, 5.74) is 3.26. The number of para-hydroxylation sites is 1. The second-order valence-electron chi connectivity index (χ2n) is 7.26. The summed E-state index contributed by atoms with van der Waals surface area (Å²) in [6.45, 7) is 1.85. The number of hydrogen-bond acceptors (Lipinski definition) is 5. The van der Waals surface area contributed by atoms with Crippen LogP contribution in [0.5, 0.6) is 0 Å². The average molecular weight is 509 g/mol. The summed E-state index contributed by atoms with van der Waals surface area (Å²) in [7, 11) is 0. The van der Waals surface area contributed by atoms with E-state index in [-0.39, 0.29) is 17.0 Å². The van der Waals surface area contributed by atoms with Crippen LogP contribution in [0.3, 0.4) is 0 Å². The summed E-state index contributed by atoms with van der Waals surface area (Å²) in [5, 5.41) is 11.7. The van der Waals surface area contributed by atoms with Crippen molar-refractivity contribution in [1.82, 2.24) is 4.98 Å². The standard InChI is InChI=1S/C25H21FN4OS3/c1-16(23(31)30-25-29-22(15-33-25)17-7-9-18(26)10-8-17)34-21-13-11-20(12-14-21)28-24(32)27-19-5-3-2-4-6-19/h2-16H,1H3,(H2,27,28,32)(H,29,30,31). The number of hydrogen-bond donors (Lipinski definition) is 3. The zero-order valence-corrected chi connectivity index (χ0v) is 20.6. The summed E-state index contributed by atoms with van der Waals surface area (Å²) in [6, 6.07) is 23.5. The number of benzene rings is 3. The molecule has 0 aliphatic rings. The quantitative estimate of drug-likeness (QED) is 0.187. The number of thiazole rings is 1. The molecule has 0 radical (unpaired) electrons. The van der Waals surface area contributed by atoms with Crippen molar-refractivity contribution in [2.75, 3.05) is 16.0 Å². The lowest BCUT2D eigenvalue weighted by atomic mass is 10.2. The van der Waals surface area contributed by atoms with Crippen molar-refractivity contribution < 1.29 is 9.18 Å². The first-order valence-corrected chi connectivity index (χ1v) is 12.5. The minimum absolute atomic E-state index is 0.138. The van der Waals surface area contributed by atoms with Crippen LogP contribution in [0.25, 0.3) is 11.3 Å². The molecular weight excluding hydrogens is 488 g/mol. The summed E-state index contributed by atoms with van der Waals surface area (Å²) in [6.07, 6.45) is 0. The van der Waals surface area contributed by atoms with Gasteiger partial charge in [0.25, 0.3) is 0 Å². The van der Waals surface area contributed by atoms with Gasteiger partial charge in [0.05, 0.1) is 10.9 Å². The number of carbonyl (C=O) groups is 1. The Hall–Kier alpha value is -3.27. The lowest BCUT2D eigenvalue weighted by Crippen LogP contribution is -2.22. The van der Waals surface area contributed by atoms with Gasteiger partial charge < -0.3 is 16.0 Å². The molecule has 0 spiro atoms. The number of halogens is 1. The van der Waals surface area contributed by atoms with Gasteiger partial charge in [-0.15, -0.1) is 23.1 Å². The molecule has 4 rings (SSSR count). The Morgan fingerprint density at radius 2 is 1.59 bits per heavy atom. The van der Waals surface area contributed by atoms with Crippen molar-refractivity contribution >= 4 is 62.8 Å². The minimum atomic E-state index is -0.321. The monoisotopic (exact) mass is 508 g/mol. The Kier molecular flexibility index (Phi) is 7.89. The smallest absolute Gasteiger partial charge is 0.239 e. The van der Waals surface area contributed by atoms with E-state index in [0.717, 1.165) is 21.8 Å².